The maximum absolute atomic E-state index is 13.3. The number of aryl methyl sites for hydroxylation is 1. The minimum absolute atomic E-state index is 0.139. The smallest absolute Gasteiger partial charge is 0.123 e. The first-order valence-corrected chi connectivity index (χ1v) is 6.94. The van der Waals surface area contributed by atoms with Gasteiger partial charge in [0.1, 0.15) is 5.82 Å². The van der Waals surface area contributed by atoms with Gasteiger partial charge in [0, 0.05) is 0 Å². The van der Waals surface area contributed by atoms with E-state index in [-0.39, 0.29) is 5.82 Å². The second kappa shape index (κ2) is 4.06. The van der Waals surface area contributed by atoms with Gasteiger partial charge in [-0.05, 0) is 70.5 Å². The van der Waals surface area contributed by atoms with Crippen LogP contribution in [0.2, 0.25) is 0 Å². The summed E-state index contributed by atoms with van der Waals surface area (Å²) >= 11 is 0. The SMILES string of the molecule is Fc1ccc2c(c1)CC=c1c-2ccc2c1=CCCC2. The number of benzene rings is 2. The fraction of sp³-hybridized carbons (Fsp3) is 0.222. The van der Waals surface area contributed by atoms with E-state index in [1.165, 1.54) is 46.4 Å². The highest BCUT2D eigenvalue weighted by Gasteiger charge is 2.14. The molecule has 2 aliphatic carbocycles. The van der Waals surface area contributed by atoms with Crippen LogP contribution in [0.3, 0.4) is 0 Å². The molecule has 0 heterocycles. The molecule has 94 valence electrons. The maximum Gasteiger partial charge on any atom is 0.123 e. The van der Waals surface area contributed by atoms with E-state index in [2.05, 4.69) is 24.3 Å². The van der Waals surface area contributed by atoms with Crippen LogP contribution in [0.4, 0.5) is 4.39 Å². The molecule has 0 atom stereocenters. The molecule has 0 aliphatic heterocycles. The molecule has 0 unspecified atom stereocenters. The van der Waals surface area contributed by atoms with Gasteiger partial charge in [0.05, 0.1) is 0 Å². The molecule has 0 spiro atoms. The third-order valence-electron chi connectivity index (χ3n) is 4.26. The first-order chi connectivity index (χ1) is 9.33. The van der Waals surface area contributed by atoms with Crippen molar-refractivity contribution in [2.75, 3.05) is 0 Å². The lowest BCUT2D eigenvalue weighted by molar-refractivity contribution is 0.626. The molecule has 2 aromatic carbocycles. The molecule has 0 bridgehead atoms. The van der Waals surface area contributed by atoms with E-state index in [1.807, 2.05) is 6.07 Å². The molecule has 1 heteroatoms. The van der Waals surface area contributed by atoms with Crippen LogP contribution in [0.1, 0.15) is 24.0 Å². The van der Waals surface area contributed by atoms with E-state index < -0.39 is 0 Å². The summed E-state index contributed by atoms with van der Waals surface area (Å²) in [5, 5.41) is 2.77. The second-order valence-corrected chi connectivity index (χ2v) is 5.41. The van der Waals surface area contributed by atoms with Gasteiger partial charge < -0.3 is 0 Å². The normalized spacial score (nSPS) is 15.6. The Morgan fingerprint density at radius 3 is 2.68 bits per heavy atom. The highest BCUT2D eigenvalue weighted by atomic mass is 19.1. The number of fused-ring (bicyclic) bond motifs is 5. The second-order valence-electron chi connectivity index (χ2n) is 5.41. The van der Waals surface area contributed by atoms with Gasteiger partial charge in [0.2, 0.25) is 0 Å². The summed E-state index contributed by atoms with van der Waals surface area (Å²) in [7, 11) is 0. The quantitative estimate of drug-likeness (QED) is 0.674. The van der Waals surface area contributed by atoms with E-state index in [1.54, 1.807) is 12.1 Å². The van der Waals surface area contributed by atoms with Crippen LogP contribution in [-0.2, 0) is 12.8 Å². The topological polar surface area (TPSA) is 0 Å². The Labute approximate surface area is 111 Å². The van der Waals surface area contributed by atoms with Crippen molar-refractivity contribution in [2.45, 2.75) is 25.7 Å². The molecule has 0 N–H and O–H groups in total. The molecule has 0 nitrogen and oxygen atoms in total. The van der Waals surface area contributed by atoms with Gasteiger partial charge in [-0.1, -0.05) is 30.4 Å². The molecule has 0 fully saturated rings. The van der Waals surface area contributed by atoms with Crippen LogP contribution in [0.25, 0.3) is 23.3 Å². The molecule has 19 heavy (non-hydrogen) atoms. The van der Waals surface area contributed by atoms with Crippen LogP contribution < -0.4 is 10.4 Å². The van der Waals surface area contributed by atoms with Crippen LogP contribution in [0.5, 0.6) is 0 Å². The highest BCUT2D eigenvalue weighted by molar-refractivity contribution is 5.74. The van der Waals surface area contributed by atoms with Gasteiger partial charge in [-0.25, -0.2) is 4.39 Å². The largest absolute Gasteiger partial charge is 0.207 e. The predicted molar refractivity (Wildman–Crippen MR) is 76.7 cm³/mol. The van der Waals surface area contributed by atoms with Crippen molar-refractivity contribution in [3.8, 4) is 11.1 Å². The van der Waals surface area contributed by atoms with Crippen LogP contribution in [0.15, 0.2) is 30.3 Å². The summed E-state index contributed by atoms with van der Waals surface area (Å²) in [4.78, 5) is 0. The minimum Gasteiger partial charge on any atom is -0.207 e. The maximum atomic E-state index is 13.3. The van der Waals surface area contributed by atoms with Gasteiger partial charge in [-0.3, -0.25) is 0 Å². The number of hydrogen-bond acceptors (Lipinski definition) is 0. The highest BCUT2D eigenvalue weighted by Crippen LogP contribution is 2.25. The number of rotatable bonds is 0. The Balaban J connectivity index is 2.05. The molecule has 0 amide bonds. The lowest BCUT2D eigenvalue weighted by Gasteiger charge is -2.18. The Morgan fingerprint density at radius 2 is 1.74 bits per heavy atom. The summed E-state index contributed by atoms with van der Waals surface area (Å²) in [6.45, 7) is 0. The predicted octanol–water partition coefficient (Wildman–Crippen LogP) is 2.95. The van der Waals surface area contributed by atoms with E-state index in [0.29, 0.717) is 0 Å². The standard InChI is InChI=1S/C18H15F/c19-14-7-10-16-13(11-14)6-9-17-15-4-2-1-3-12(15)5-8-18(16)17/h4-5,7-11H,1-3,6H2. The zero-order valence-corrected chi connectivity index (χ0v) is 10.7. The van der Waals surface area contributed by atoms with Gasteiger partial charge >= 0.3 is 0 Å². The summed E-state index contributed by atoms with van der Waals surface area (Å²) in [5.41, 5.74) is 5.02. The average molecular weight is 250 g/mol. The third kappa shape index (κ3) is 1.65. The number of hydrogen-bond donors (Lipinski definition) is 0. The Morgan fingerprint density at radius 1 is 0.842 bits per heavy atom. The van der Waals surface area contributed by atoms with Crippen molar-refractivity contribution < 1.29 is 4.39 Å². The first-order valence-electron chi connectivity index (χ1n) is 6.94. The summed E-state index contributed by atoms with van der Waals surface area (Å²) in [6, 6.07) is 9.61. The monoisotopic (exact) mass is 250 g/mol. The van der Waals surface area contributed by atoms with Crippen molar-refractivity contribution in [3.63, 3.8) is 0 Å². The first kappa shape index (κ1) is 11.0. The van der Waals surface area contributed by atoms with E-state index in [4.69, 9.17) is 0 Å². The van der Waals surface area contributed by atoms with E-state index in [0.717, 1.165) is 12.0 Å². The minimum atomic E-state index is -0.139. The lowest BCUT2D eigenvalue weighted by atomic mass is 9.87. The average Bonchev–Trinajstić information content (AvgIpc) is 2.46. The zero-order valence-electron chi connectivity index (χ0n) is 10.7. The third-order valence-corrected chi connectivity index (χ3v) is 4.26. The van der Waals surface area contributed by atoms with Gasteiger partial charge in [-0.15, -0.1) is 0 Å². The Bertz CT molecular complexity index is 784. The van der Waals surface area contributed by atoms with Crippen molar-refractivity contribution in [3.05, 3.63) is 57.7 Å². The summed E-state index contributed by atoms with van der Waals surface area (Å²) < 4.78 is 13.3. The Kier molecular flexibility index (Phi) is 2.34. The van der Waals surface area contributed by atoms with Gasteiger partial charge in [-0.2, -0.15) is 0 Å². The van der Waals surface area contributed by atoms with Crippen LogP contribution >= 0.6 is 0 Å². The van der Waals surface area contributed by atoms with Crippen molar-refractivity contribution in [1.82, 2.24) is 0 Å². The van der Waals surface area contributed by atoms with E-state index in [9.17, 15) is 4.39 Å². The Hall–Kier alpha value is -1.89. The molecular weight excluding hydrogens is 235 g/mol. The molecule has 0 saturated carbocycles. The molecular formula is C18H15F. The molecule has 0 aromatic heterocycles. The fourth-order valence-corrected chi connectivity index (χ4v) is 3.34. The van der Waals surface area contributed by atoms with Crippen molar-refractivity contribution >= 4 is 12.2 Å². The fourth-order valence-electron chi connectivity index (χ4n) is 3.34. The van der Waals surface area contributed by atoms with E-state index >= 15 is 0 Å². The summed E-state index contributed by atoms with van der Waals surface area (Å²) in [6.07, 6.45) is 9.08. The van der Waals surface area contributed by atoms with Gasteiger partial charge in [0.15, 0.2) is 0 Å². The van der Waals surface area contributed by atoms with Gasteiger partial charge in [0.25, 0.3) is 0 Å². The van der Waals surface area contributed by atoms with Crippen LogP contribution in [-0.4, -0.2) is 0 Å². The lowest BCUT2D eigenvalue weighted by Crippen LogP contribution is -2.33. The molecule has 4 rings (SSSR count). The molecule has 0 radical (unpaired) electrons. The van der Waals surface area contributed by atoms with Crippen LogP contribution in [0, 0.1) is 5.82 Å². The number of halogens is 1. The van der Waals surface area contributed by atoms with Crippen molar-refractivity contribution in [2.24, 2.45) is 0 Å². The molecule has 2 aromatic rings. The summed E-state index contributed by atoms with van der Waals surface area (Å²) in [5.74, 6) is -0.139. The molecule has 2 aliphatic rings. The van der Waals surface area contributed by atoms with Crippen molar-refractivity contribution in [1.29, 1.82) is 0 Å². The zero-order chi connectivity index (χ0) is 12.8. The molecule has 0 saturated heterocycles.